The zero-order chi connectivity index (χ0) is 10.6. The maximum Gasteiger partial charge on any atom is 0.315 e. The SMILES string of the molecule is O=C(NCC1CCC(O)CC1)C(F)F. The molecule has 0 spiro atoms. The van der Waals surface area contributed by atoms with Crippen LogP contribution in [0.4, 0.5) is 8.78 Å². The summed E-state index contributed by atoms with van der Waals surface area (Å²) < 4.78 is 23.6. The molecule has 0 aromatic carbocycles. The van der Waals surface area contributed by atoms with E-state index in [2.05, 4.69) is 5.32 Å². The first-order chi connectivity index (χ1) is 6.59. The number of halogens is 2. The van der Waals surface area contributed by atoms with E-state index in [4.69, 9.17) is 0 Å². The smallest absolute Gasteiger partial charge is 0.315 e. The first kappa shape index (κ1) is 11.4. The van der Waals surface area contributed by atoms with E-state index in [1.165, 1.54) is 0 Å². The molecule has 14 heavy (non-hydrogen) atoms. The Hall–Kier alpha value is -0.710. The lowest BCUT2D eigenvalue weighted by Gasteiger charge is -2.25. The van der Waals surface area contributed by atoms with Crippen LogP contribution in [0.1, 0.15) is 25.7 Å². The predicted octanol–water partition coefficient (Wildman–Crippen LogP) is 0.919. The van der Waals surface area contributed by atoms with Crippen LogP contribution in [-0.4, -0.2) is 30.1 Å². The number of nitrogens with one attached hydrogen (secondary N) is 1. The van der Waals surface area contributed by atoms with E-state index in [9.17, 15) is 18.7 Å². The number of aliphatic hydroxyl groups excluding tert-OH is 1. The van der Waals surface area contributed by atoms with E-state index in [1.54, 1.807) is 0 Å². The molecule has 0 heterocycles. The molecule has 1 aliphatic rings. The van der Waals surface area contributed by atoms with Gasteiger partial charge >= 0.3 is 6.43 Å². The quantitative estimate of drug-likeness (QED) is 0.723. The minimum absolute atomic E-state index is 0.237. The molecule has 1 rings (SSSR count). The fraction of sp³-hybridized carbons (Fsp3) is 0.889. The van der Waals surface area contributed by atoms with Crippen molar-refractivity contribution < 1.29 is 18.7 Å². The molecule has 0 aromatic rings. The van der Waals surface area contributed by atoms with Crippen molar-refractivity contribution in [3.63, 3.8) is 0 Å². The molecule has 5 heteroatoms. The van der Waals surface area contributed by atoms with Crippen LogP contribution in [0.25, 0.3) is 0 Å². The van der Waals surface area contributed by atoms with Crippen LogP contribution in [0.3, 0.4) is 0 Å². The van der Waals surface area contributed by atoms with Crippen molar-refractivity contribution >= 4 is 5.91 Å². The van der Waals surface area contributed by atoms with E-state index < -0.39 is 12.3 Å². The second-order valence-corrected chi connectivity index (χ2v) is 3.72. The van der Waals surface area contributed by atoms with Crippen molar-refractivity contribution in [1.82, 2.24) is 5.32 Å². The molecule has 3 nitrogen and oxygen atoms in total. The fourth-order valence-electron chi connectivity index (χ4n) is 1.67. The number of rotatable bonds is 3. The minimum Gasteiger partial charge on any atom is -0.393 e. The summed E-state index contributed by atoms with van der Waals surface area (Å²) in [6.07, 6.45) is -0.180. The number of hydrogen-bond acceptors (Lipinski definition) is 2. The van der Waals surface area contributed by atoms with Gasteiger partial charge in [-0.2, -0.15) is 8.78 Å². The molecule has 0 aromatic heterocycles. The first-order valence-corrected chi connectivity index (χ1v) is 4.83. The van der Waals surface area contributed by atoms with Gasteiger partial charge in [-0.3, -0.25) is 4.79 Å². The van der Waals surface area contributed by atoms with E-state index in [1.807, 2.05) is 0 Å². The second-order valence-electron chi connectivity index (χ2n) is 3.72. The third-order valence-corrected chi connectivity index (χ3v) is 2.58. The molecular formula is C9H15F2NO2. The van der Waals surface area contributed by atoms with Gasteiger partial charge in [-0.25, -0.2) is 0 Å². The van der Waals surface area contributed by atoms with Crippen molar-refractivity contribution in [2.24, 2.45) is 5.92 Å². The normalized spacial score (nSPS) is 27.7. The van der Waals surface area contributed by atoms with Gasteiger partial charge in [0, 0.05) is 6.54 Å². The molecule has 82 valence electrons. The first-order valence-electron chi connectivity index (χ1n) is 4.83. The predicted molar refractivity (Wildman–Crippen MR) is 47.0 cm³/mol. The molecule has 1 aliphatic carbocycles. The van der Waals surface area contributed by atoms with Gasteiger partial charge in [0.2, 0.25) is 0 Å². The Morgan fingerprint density at radius 2 is 1.93 bits per heavy atom. The molecule has 0 radical (unpaired) electrons. The van der Waals surface area contributed by atoms with Crippen LogP contribution in [-0.2, 0) is 4.79 Å². The van der Waals surface area contributed by atoms with Crippen molar-refractivity contribution in [2.45, 2.75) is 38.2 Å². The van der Waals surface area contributed by atoms with Crippen LogP contribution in [0.15, 0.2) is 0 Å². The van der Waals surface area contributed by atoms with Gasteiger partial charge in [0.25, 0.3) is 5.91 Å². The van der Waals surface area contributed by atoms with E-state index >= 15 is 0 Å². The summed E-state index contributed by atoms with van der Waals surface area (Å²) in [5.74, 6) is -0.961. The molecule has 0 aliphatic heterocycles. The maximum absolute atomic E-state index is 11.8. The lowest BCUT2D eigenvalue weighted by Crippen LogP contribution is -2.35. The largest absolute Gasteiger partial charge is 0.393 e. The van der Waals surface area contributed by atoms with E-state index in [0.717, 1.165) is 12.8 Å². The summed E-state index contributed by atoms with van der Waals surface area (Å²) in [4.78, 5) is 10.5. The Kier molecular flexibility index (Phi) is 4.25. The number of hydrogen-bond donors (Lipinski definition) is 2. The van der Waals surface area contributed by atoms with Crippen LogP contribution in [0.5, 0.6) is 0 Å². The maximum atomic E-state index is 11.8. The highest BCUT2D eigenvalue weighted by Gasteiger charge is 2.21. The Labute approximate surface area is 81.5 Å². The topological polar surface area (TPSA) is 49.3 Å². The monoisotopic (exact) mass is 207 g/mol. The summed E-state index contributed by atoms with van der Waals surface area (Å²) in [6, 6.07) is 0. The highest BCUT2D eigenvalue weighted by Crippen LogP contribution is 2.23. The molecule has 2 N–H and O–H groups in total. The Morgan fingerprint density at radius 3 is 2.43 bits per heavy atom. The molecule has 1 saturated carbocycles. The molecule has 0 atom stereocenters. The summed E-state index contributed by atoms with van der Waals surface area (Å²) in [7, 11) is 0. The van der Waals surface area contributed by atoms with Gasteiger partial charge in [-0.15, -0.1) is 0 Å². The van der Waals surface area contributed by atoms with Crippen molar-refractivity contribution in [2.75, 3.05) is 6.54 Å². The van der Waals surface area contributed by atoms with E-state index in [-0.39, 0.29) is 12.0 Å². The molecule has 0 bridgehead atoms. The van der Waals surface area contributed by atoms with Crippen LogP contribution in [0.2, 0.25) is 0 Å². The number of carbonyl (C=O) groups is 1. The van der Waals surface area contributed by atoms with Gasteiger partial charge in [0.1, 0.15) is 0 Å². The number of carbonyl (C=O) groups excluding carboxylic acids is 1. The van der Waals surface area contributed by atoms with Gasteiger partial charge < -0.3 is 10.4 Å². The summed E-state index contributed by atoms with van der Waals surface area (Å²) >= 11 is 0. The van der Waals surface area contributed by atoms with Gasteiger partial charge in [-0.1, -0.05) is 0 Å². The fourth-order valence-corrected chi connectivity index (χ4v) is 1.67. The lowest BCUT2D eigenvalue weighted by atomic mass is 9.87. The third kappa shape index (κ3) is 3.57. The highest BCUT2D eigenvalue weighted by atomic mass is 19.3. The second kappa shape index (κ2) is 5.24. The molecular weight excluding hydrogens is 192 g/mol. The molecule has 0 unspecified atom stereocenters. The molecule has 0 saturated heterocycles. The summed E-state index contributed by atoms with van der Waals surface area (Å²) in [6.45, 7) is 0.301. The van der Waals surface area contributed by atoms with Crippen LogP contribution < -0.4 is 5.32 Å². The van der Waals surface area contributed by atoms with Crippen molar-refractivity contribution in [3.8, 4) is 0 Å². The summed E-state index contributed by atoms with van der Waals surface area (Å²) in [5, 5.41) is 11.4. The van der Waals surface area contributed by atoms with Gasteiger partial charge in [0.15, 0.2) is 0 Å². The summed E-state index contributed by atoms with van der Waals surface area (Å²) in [5.41, 5.74) is 0. The zero-order valence-electron chi connectivity index (χ0n) is 7.88. The number of alkyl halides is 2. The third-order valence-electron chi connectivity index (χ3n) is 2.58. The van der Waals surface area contributed by atoms with E-state index in [0.29, 0.717) is 19.4 Å². The van der Waals surface area contributed by atoms with Crippen LogP contribution in [0, 0.1) is 5.92 Å². The standard InChI is InChI=1S/C9H15F2NO2/c10-8(11)9(14)12-5-6-1-3-7(13)4-2-6/h6-8,13H,1-5H2,(H,12,14). The van der Waals surface area contributed by atoms with Crippen LogP contribution >= 0.6 is 0 Å². The highest BCUT2D eigenvalue weighted by molar-refractivity contribution is 5.78. The van der Waals surface area contributed by atoms with Crippen molar-refractivity contribution in [1.29, 1.82) is 0 Å². The Balaban J connectivity index is 2.16. The van der Waals surface area contributed by atoms with Gasteiger partial charge in [0.05, 0.1) is 6.10 Å². The molecule has 1 fully saturated rings. The number of aliphatic hydroxyl groups is 1. The lowest BCUT2D eigenvalue weighted by molar-refractivity contribution is -0.132. The molecule has 1 amide bonds. The van der Waals surface area contributed by atoms with Gasteiger partial charge in [-0.05, 0) is 31.6 Å². The Bertz CT molecular complexity index is 191. The average molecular weight is 207 g/mol. The minimum atomic E-state index is -2.93. The average Bonchev–Trinajstić information content (AvgIpc) is 2.16. The Morgan fingerprint density at radius 1 is 1.36 bits per heavy atom. The van der Waals surface area contributed by atoms with Crippen molar-refractivity contribution in [3.05, 3.63) is 0 Å². The number of amides is 1. The zero-order valence-corrected chi connectivity index (χ0v) is 7.88.